The molecule has 0 aromatic carbocycles. The maximum absolute atomic E-state index is 10.5. The zero-order chi connectivity index (χ0) is 7.78. The molecule has 5 nitrogen and oxygen atoms in total. The van der Waals surface area contributed by atoms with Crippen LogP contribution in [0, 0.1) is 0 Å². The van der Waals surface area contributed by atoms with Crippen molar-refractivity contribution in [2.24, 2.45) is 0 Å². The van der Waals surface area contributed by atoms with E-state index in [9.17, 15) is 17.8 Å². The molecular weight excluding hydrogens is 178 g/mol. The Morgan fingerprint density at radius 2 is 2.20 bits per heavy atom. The molecule has 0 saturated carbocycles. The molecule has 1 amide bonds. The maximum Gasteiger partial charge on any atom is 0.445 e. The molecule has 0 bridgehead atoms. The number of hydrogen-bond donors (Lipinski definition) is 1. The van der Waals surface area contributed by atoms with Crippen LogP contribution >= 0.6 is 0 Å². The number of carbonyl (C=O) groups is 1. The van der Waals surface area contributed by atoms with Gasteiger partial charge in [0, 0.05) is 0 Å². The first-order chi connectivity index (χ1) is 4.52. The van der Waals surface area contributed by atoms with Gasteiger partial charge in [0.1, 0.15) is 0 Å². The monoisotopic (exact) mass is 183 g/mol. The number of amides is 1. The summed E-state index contributed by atoms with van der Waals surface area (Å²) < 4.78 is 30.7. The molecule has 0 aliphatic carbocycles. The molecule has 1 aliphatic heterocycles. The van der Waals surface area contributed by atoms with Gasteiger partial charge in [0.15, 0.2) is 15.7 Å². The minimum Gasteiger partial charge on any atom is -0.707 e. The summed E-state index contributed by atoms with van der Waals surface area (Å²) in [4.78, 5) is 10.5. The zero-order valence-electron chi connectivity index (χ0n) is 4.86. The lowest BCUT2D eigenvalue weighted by atomic mass is 10.8. The predicted molar refractivity (Wildman–Crippen MR) is 35.3 cm³/mol. The van der Waals surface area contributed by atoms with Crippen LogP contribution in [0.25, 0.3) is 0 Å². The standard InChI is InChI=1S/C3H5NO4S2/c5-3-4-1-2-9(3)10(6,7)8/h1-2H2,(H-,4,5,6,7,8). The Morgan fingerprint density at radius 3 is 2.40 bits per heavy atom. The van der Waals surface area contributed by atoms with E-state index in [1.807, 2.05) is 0 Å². The highest BCUT2D eigenvalue weighted by molar-refractivity contribution is 8.73. The van der Waals surface area contributed by atoms with Crippen molar-refractivity contribution in [1.82, 2.24) is 5.32 Å². The molecule has 1 rings (SSSR count). The third-order valence-corrected chi connectivity index (χ3v) is 5.07. The van der Waals surface area contributed by atoms with Gasteiger partial charge in [-0.1, -0.05) is 0 Å². The topological polar surface area (TPSA) is 86.3 Å². The summed E-state index contributed by atoms with van der Waals surface area (Å²) in [5.74, 6) is 0.130. The average Bonchev–Trinajstić information content (AvgIpc) is 2.11. The van der Waals surface area contributed by atoms with Crippen LogP contribution in [0.1, 0.15) is 0 Å². The average molecular weight is 183 g/mol. The van der Waals surface area contributed by atoms with E-state index >= 15 is 0 Å². The van der Waals surface area contributed by atoms with Crippen molar-refractivity contribution >= 4 is 24.3 Å². The van der Waals surface area contributed by atoms with Crippen LogP contribution in [0.4, 0.5) is 4.79 Å². The van der Waals surface area contributed by atoms with Crippen molar-refractivity contribution in [3.05, 3.63) is 0 Å². The molecule has 1 atom stereocenters. The van der Waals surface area contributed by atoms with E-state index in [-0.39, 0.29) is 5.75 Å². The fraction of sp³-hybridized carbons (Fsp3) is 0.667. The summed E-state index contributed by atoms with van der Waals surface area (Å²) in [5, 5.41) is 1.63. The molecule has 1 fully saturated rings. The molecule has 0 aromatic rings. The summed E-state index contributed by atoms with van der Waals surface area (Å²) >= 11 is 0. The van der Waals surface area contributed by atoms with E-state index in [0.717, 1.165) is 0 Å². The lowest BCUT2D eigenvalue weighted by molar-refractivity contribution is 0.262. The van der Waals surface area contributed by atoms with Gasteiger partial charge < -0.3 is 9.87 Å². The van der Waals surface area contributed by atoms with Gasteiger partial charge in [-0.2, -0.15) is 8.42 Å². The molecule has 1 unspecified atom stereocenters. The van der Waals surface area contributed by atoms with Crippen LogP contribution in [0.3, 0.4) is 0 Å². The second-order valence-electron chi connectivity index (χ2n) is 1.67. The molecule has 1 aliphatic rings. The largest absolute Gasteiger partial charge is 0.707 e. The fourth-order valence-electron chi connectivity index (χ4n) is 0.614. The minimum atomic E-state index is -4.39. The fourth-order valence-corrected chi connectivity index (χ4v) is 3.33. The Bertz CT molecular complexity index is 245. The van der Waals surface area contributed by atoms with Gasteiger partial charge in [-0.25, -0.2) is 4.79 Å². The summed E-state index contributed by atoms with van der Waals surface area (Å²) in [7, 11) is -6.01. The first-order valence-corrected chi connectivity index (χ1v) is 5.79. The molecule has 10 heavy (non-hydrogen) atoms. The maximum atomic E-state index is 10.5. The van der Waals surface area contributed by atoms with Gasteiger partial charge in [0.2, 0.25) is 0 Å². The van der Waals surface area contributed by atoms with Crippen molar-refractivity contribution in [3.63, 3.8) is 0 Å². The SMILES string of the molecule is O=C1NCC[S+]1S(=O)(=O)[O-]. The van der Waals surface area contributed by atoms with Crippen molar-refractivity contribution in [2.75, 3.05) is 12.3 Å². The molecule has 7 heteroatoms. The van der Waals surface area contributed by atoms with Crippen molar-refractivity contribution < 1.29 is 17.8 Å². The number of rotatable bonds is 1. The molecule has 1 heterocycles. The Labute approximate surface area is 60.3 Å². The molecule has 1 saturated heterocycles. The van der Waals surface area contributed by atoms with Crippen LogP contribution in [-0.4, -0.2) is 30.5 Å². The summed E-state index contributed by atoms with van der Waals surface area (Å²) in [6, 6.07) is 0. The molecule has 0 spiro atoms. The summed E-state index contributed by atoms with van der Waals surface area (Å²) in [5.41, 5.74) is 0. The first-order valence-electron chi connectivity index (χ1n) is 2.47. The zero-order valence-corrected chi connectivity index (χ0v) is 6.50. The number of carbonyl (C=O) groups excluding carboxylic acids is 1. The van der Waals surface area contributed by atoms with Gasteiger partial charge in [0.05, 0.1) is 6.54 Å². The van der Waals surface area contributed by atoms with Gasteiger partial charge >= 0.3 is 5.24 Å². The smallest absolute Gasteiger partial charge is 0.445 e. The van der Waals surface area contributed by atoms with Gasteiger partial charge in [0.25, 0.3) is 9.15 Å². The van der Waals surface area contributed by atoms with Gasteiger partial charge in [-0.05, 0) is 0 Å². The van der Waals surface area contributed by atoms with E-state index in [2.05, 4.69) is 5.32 Å². The third-order valence-electron chi connectivity index (χ3n) is 1.01. The van der Waals surface area contributed by atoms with E-state index < -0.39 is 24.3 Å². The first kappa shape index (κ1) is 7.83. The van der Waals surface area contributed by atoms with Gasteiger partial charge in [-0.3, -0.25) is 0 Å². The van der Waals surface area contributed by atoms with E-state index in [4.69, 9.17) is 0 Å². The van der Waals surface area contributed by atoms with E-state index in [1.54, 1.807) is 0 Å². The van der Waals surface area contributed by atoms with Gasteiger partial charge in [-0.15, -0.1) is 0 Å². The predicted octanol–water partition coefficient (Wildman–Crippen LogP) is -1.21. The molecule has 0 aromatic heterocycles. The molecule has 58 valence electrons. The summed E-state index contributed by atoms with van der Waals surface area (Å²) in [6.45, 7) is 0.295. The Kier molecular flexibility index (Phi) is 1.88. The van der Waals surface area contributed by atoms with Crippen LogP contribution in [0.15, 0.2) is 0 Å². The summed E-state index contributed by atoms with van der Waals surface area (Å²) in [6.07, 6.45) is 0. The normalized spacial score (nSPS) is 26.5. The highest BCUT2D eigenvalue weighted by Gasteiger charge is 2.41. The molecule has 0 radical (unpaired) electrons. The van der Waals surface area contributed by atoms with Crippen LogP contribution in [0.2, 0.25) is 0 Å². The highest BCUT2D eigenvalue weighted by atomic mass is 33.2. The van der Waals surface area contributed by atoms with Crippen molar-refractivity contribution in [2.45, 2.75) is 0 Å². The minimum absolute atomic E-state index is 0.130. The molecular formula is C3H5NO4S2. The quantitative estimate of drug-likeness (QED) is 0.314. The van der Waals surface area contributed by atoms with Crippen molar-refractivity contribution in [3.8, 4) is 0 Å². The van der Waals surface area contributed by atoms with Crippen LogP contribution in [-0.2, 0) is 19.1 Å². The third kappa shape index (κ3) is 1.41. The lowest BCUT2D eigenvalue weighted by Gasteiger charge is -1.99. The second kappa shape index (κ2) is 2.40. The van der Waals surface area contributed by atoms with Crippen molar-refractivity contribution in [1.29, 1.82) is 0 Å². The van der Waals surface area contributed by atoms with Crippen LogP contribution in [0.5, 0.6) is 0 Å². The Balaban J connectivity index is 2.84. The second-order valence-corrected chi connectivity index (χ2v) is 6.39. The Hall–Kier alpha value is -0.270. The highest BCUT2D eigenvalue weighted by Crippen LogP contribution is 2.10. The Morgan fingerprint density at radius 1 is 1.60 bits per heavy atom. The van der Waals surface area contributed by atoms with Crippen LogP contribution < -0.4 is 5.32 Å². The number of nitrogens with one attached hydrogen (secondary N) is 1. The van der Waals surface area contributed by atoms with E-state index in [0.29, 0.717) is 6.54 Å². The van der Waals surface area contributed by atoms with E-state index in [1.165, 1.54) is 0 Å². The molecule has 1 N–H and O–H groups in total. The lowest BCUT2D eigenvalue weighted by Crippen LogP contribution is -2.24. The number of hydrogen-bond acceptors (Lipinski definition) is 4.